The molecule has 5 nitrogen and oxygen atoms in total. The monoisotopic (exact) mass is 256 g/mol. The van der Waals surface area contributed by atoms with Gasteiger partial charge in [0.2, 0.25) is 5.91 Å². The van der Waals surface area contributed by atoms with Crippen molar-refractivity contribution in [1.82, 2.24) is 4.90 Å². The number of hydrogen-bond donors (Lipinski definition) is 2. The lowest BCUT2D eigenvalue weighted by molar-refractivity contribution is -0.153. The molecule has 3 N–H and O–H groups in total. The van der Waals surface area contributed by atoms with Gasteiger partial charge in [-0.2, -0.15) is 0 Å². The van der Waals surface area contributed by atoms with E-state index in [1.54, 1.807) is 18.7 Å². The Morgan fingerprint density at radius 1 is 1.50 bits per heavy atom. The highest BCUT2D eigenvalue weighted by Crippen LogP contribution is 2.34. The number of likely N-dealkylation sites (tertiary alicyclic amines) is 1. The van der Waals surface area contributed by atoms with Gasteiger partial charge in [-0.25, -0.2) is 0 Å². The van der Waals surface area contributed by atoms with Crippen LogP contribution in [0.1, 0.15) is 40.0 Å². The van der Waals surface area contributed by atoms with E-state index in [2.05, 4.69) is 0 Å². The number of carbonyl (C=O) groups excluding carboxylic acids is 1. The number of nitrogens with zero attached hydrogens (tertiary/aromatic N) is 1. The van der Waals surface area contributed by atoms with Crippen LogP contribution in [-0.4, -0.2) is 41.0 Å². The Morgan fingerprint density at radius 2 is 2.11 bits per heavy atom. The summed E-state index contributed by atoms with van der Waals surface area (Å²) in [5.41, 5.74) is 4.96. The van der Waals surface area contributed by atoms with E-state index in [0.717, 1.165) is 12.8 Å². The molecule has 1 amide bonds. The van der Waals surface area contributed by atoms with E-state index in [4.69, 9.17) is 5.73 Å². The highest BCUT2D eigenvalue weighted by atomic mass is 16.4. The third-order valence-electron chi connectivity index (χ3n) is 4.06. The van der Waals surface area contributed by atoms with Crippen molar-refractivity contribution in [3.05, 3.63) is 0 Å². The molecule has 0 aliphatic carbocycles. The zero-order valence-electron chi connectivity index (χ0n) is 11.5. The van der Waals surface area contributed by atoms with Gasteiger partial charge in [0.05, 0.1) is 11.5 Å². The Hall–Kier alpha value is -1.10. The quantitative estimate of drug-likeness (QED) is 0.788. The number of carbonyl (C=O) groups is 2. The summed E-state index contributed by atoms with van der Waals surface area (Å²) in [5, 5.41) is 9.25. The van der Waals surface area contributed by atoms with Crippen molar-refractivity contribution in [2.24, 2.45) is 17.1 Å². The minimum Gasteiger partial charge on any atom is -0.481 e. The molecule has 1 fully saturated rings. The summed E-state index contributed by atoms with van der Waals surface area (Å²) in [7, 11) is 0. The van der Waals surface area contributed by atoms with Crippen molar-refractivity contribution in [2.45, 2.75) is 46.1 Å². The first-order chi connectivity index (χ1) is 8.30. The topological polar surface area (TPSA) is 83.6 Å². The van der Waals surface area contributed by atoms with Crippen LogP contribution in [0.5, 0.6) is 0 Å². The first-order valence-corrected chi connectivity index (χ1v) is 6.58. The van der Waals surface area contributed by atoms with Crippen molar-refractivity contribution < 1.29 is 14.7 Å². The molecule has 0 spiro atoms. The Labute approximate surface area is 108 Å². The zero-order chi connectivity index (χ0) is 13.9. The summed E-state index contributed by atoms with van der Waals surface area (Å²) in [6.07, 6.45) is 2.32. The van der Waals surface area contributed by atoms with Crippen LogP contribution in [0.15, 0.2) is 0 Å². The second-order valence-corrected chi connectivity index (χ2v) is 5.66. The first kappa shape index (κ1) is 15.0. The van der Waals surface area contributed by atoms with Crippen LogP contribution in [-0.2, 0) is 9.59 Å². The van der Waals surface area contributed by atoms with E-state index in [9.17, 15) is 14.7 Å². The van der Waals surface area contributed by atoms with Crippen LogP contribution < -0.4 is 5.73 Å². The van der Waals surface area contributed by atoms with E-state index in [1.165, 1.54) is 0 Å². The number of amides is 1. The fraction of sp³-hybridized carbons (Fsp3) is 0.846. The normalized spacial score (nSPS) is 22.7. The van der Waals surface area contributed by atoms with Crippen LogP contribution in [0, 0.1) is 11.3 Å². The SMILES string of the molecule is CC[C@H](N)C(=O)N1CCCC(C(C)(C)C(=O)O)C1. The van der Waals surface area contributed by atoms with Gasteiger partial charge in [0.1, 0.15) is 0 Å². The number of nitrogens with two attached hydrogens (primary N) is 1. The van der Waals surface area contributed by atoms with Crippen molar-refractivity contribution >= 4 is 11.9 Å². The molecule has 5 heteroatoms. The van der Waals surface area contributed by atoms with E-state index in [-0.39, 0.29) is 11.8 Å². The second-order valence-electron chi connectivity index (χ2n) is 5.66. The number of carboxylic acids is 1. The van der Waals surface area contributed by atoms with Gasteiger partial charge in [-0.1, -0.05) is 6.92 Å². The van der Waals surface area contributed by atoms with Crippen LogP contribution in [0.3, 0.4) is 0 Å². The van der Waals surface area contributed by atoms with Gasteiger partial charge < -0.3 is 15.7 Å². The molecule has 0 saturated carbocycles. The lowest BCUT2D eigenvalue weighted by atomic mass is 9.74. The molecule has 104 valence electrons. The molecule has 2 atom stereocenters. The van der Waals surface area contributed by atoms with Gasteiger partial charge in [0, 0.05) is 13.1 Å². The zero-order valence-corrected chi connectivity index (χ0v) is 11.5. The minimum atomic E-state index is -0.804. The van der Waals surface area contributed by atoms with Crippen LogP contribution in [0.25, 0.3) is 0 Å². The molecule has 0 aromatic rings. The van der Waals surface area contributed by atoms with E-state index >= 15 is 0 Å². The summed E-state index contributed by atoms with van der Waals surface area (Å²) < 4.78 is 0. The molecule has 1 rings (SSSR count). The van der Waals surface area contributed by atoms with Gasteiger partial charge in [-0.05, 0) is 39.0 Å². The Bertz CT molecular complexity index is 328. The molecule has 1 unspecified atom stereocenters. The fourth-order valence-corrected chi connectivity index (χ4v) is 2.35. The second kappa shape index (κ2) is 5.69. The Balaban J connectivity index is 2.73. The molecule has 1 saturated heterocycles. The predicted molar refractivity (Wildman–Crippen MR) is 69.0 cm³/mol. The Kier molecular flexibility index (Phi) is 4.73. The van der Waals surface area contributed by atoms with Gasteiger partial charge >= 0.3 is 5.97 Å². The highest BCUT2D eigenvalue weighted by Gasteiger charge is 2.40. The molecule has 0 aromatic carbocycles. The third-order valence-corrected chi connectivity index (χ3v) is 4.06. The Morgan fingerprint density at radius 3 is 2.61 bits per heavy atom. The summed E-state index contributed by atoms with van der Waals surface area (Å²) in [6.45, 7) is 6.54. The number of hydrogen-bond acceptors (Lipinski definition) is 3. The number of aliphatic carboxylic acids is 1. The summed E-state index contributed by atoms with van der Waals surface area (Å²) in [6, 6.07) is -0.461. The van der Waals surface area contributed by atoms with E-state index < -0.39 is 17.4 Å². The van der Waals surface area contributed by atoms with E-state index in [0.29, 0.717) is 19.5 Å². The van der Waals surface area contributed by atoms with Crippen molar-refractivity contribution in [3.63, 3.8) is 0 Å². The minimum absolute atomic E-state index is 0.00300. The smallest absolute Gasteiger partial charge is 0.309 e. The summed E-state index contributed by atoms with van der Waals surface area (Å²) in [5.74, 6) is -0.860. The van der Waals surface area contributed by atoms with Crippen LogP contribution >= 0.6 is 0 Å². The molecule has 0 aromatic heterocycles. The van der Waals surface area contributed by atoms with Crippen molar-refractivity contribution in [3.8, 4) is 0 Å². The molecule has 1 heterocycles. The first-order valence-electron chi connectivity index (χ1n) is 6.58. The lowest BCUT2D eigenvalue weighted by Gasteiger charge is -2.40. The summed E-state index contributed by atoms with van der Waals surface area (Å²) >= 11 is 0. The van der Waals surface area contributed by atoms with Gasteiger partial charge in [-0.3, -0.25) is 9.59 Å². The molecule has 18 heavy (non-hydrogen) atoms. The lowest BCUT2D eigenvalue weighted by Crippen LogP contribution is -2.51. The third kappa shape index (κ3) is 3.02. The highest BCUT2D eigenvalue weighted by molar-refractivity contribution is 5.82. The fourth-order valence-electron chi connectivity index (χ4n) is 2.35. The van der Waals surface area contributed by atoms with Crippen molar-refractivity contribution in [2.75, 3.05) is 13.1 Å². The maximum atomic E-state index is 12.0. The molecular formula is C13H24N2O3. The molecule has 0 bridgehead atoms. The number of piperidine rings is 1. The van der Waals surface area contributed by atoms with Crippen molar-refractivity contribution in [1.29, 1.82) is 0 Å². The molecular weight excluding hydrogens is 232 g/mol. The maximum absolute atomic E-state index is 12.0. The number of rotatable bonds is 4. The average Bonchev–Trinajstić information content (AvgIpc) is 2.36. The van der Waals surface area contributed by atoms with Gasteiger partial charge in [0.25, 0.3) is 0 Å². The summed E-state index contributed by atoms with van der Waals surface area (Å²) in [4.78, 5) is 25.0. The molecule has 0 radical (unpaired) electrons. The largest absolute Gasteiger partial charge is 0.481 e. The number of carboxylic acid groups (broad SMARTS) is 1. The van der Waals surface area contributed by atoms with Crippen LogP contribution in [0.4, 0.5) is 0 Å². The molecule has 1 aliphatic rings. The maximum Gasteiger partial charge on any atom is 0.309 e. The standard InChI is InChI=1S/C13H24N2O3/c1-4-10(14)11(16)15-7-5-6-9(8-15)13(2,3)12(17)18/h9-10H,4-8,14H2,1-3H3,(H,17,18)/t9?,10-/m0/s1. The van der Waals surface area contributed by atoms with Gasteiger partial charge in [-0.15, -0.1) is 0 Å². The van der Waals surface area contributed by atoms with Crippen LogP contribution in [0.2, 0.25) is 0 Å². The van der Waals surface area contributed by atoms with Gasteiger partial charge in [0.15, 0.2) is 0 Å². The predicted octanol–water partition coefficient (Wildman–Crippen LogP) is 1.07. The van der Waals surface area contributed by atoms with E-state index in [1.807, 2.05) is 6.92 Å². The average molecular weight is 256 g/mol. The molecule has 1 aliphatic heterocycles.